The van der Waals surface area contributed by atoms with Crippen LogP contribution in [-0.2, 0) is 26.2 Å². The molecule has 1 atom stereocenters. The van der Waals surface area contributed by atoms with E-state index in [1.165, 1.54) is 37.3 Å². The molecule has 11 heteroatoms. The number of hydrogen-bond acceptors (Lipinski definition) is 6. The van der Waals surface area contributed by atoms with Crippen LogP contribution in [0.3, 0.4) is 0 Å². The molecule has 2 amide bonds. The fourth-order valence-corrected chi connectivity index (χ4v) is 5.74. The van der Waals surface area contributed by atoms with Gasteiger partial charge in [-0.25, -0.2) is 8.42 Å². The van der Waals surface area contributed by atoms with Crippen molar-refractivity contribution in [1.29, 1.82) is 0 Å². The molecule has 1 N–H and O–H groups in total. The normalized spacial score (nSPS) is 11.9. The quantitative estimate of drug-likeness (QED) is 0.302. The number of aryl methyl sites for hydroxylation is 1. The summed E-state index contributed by atoms with van der Waals surface area (Å²) in [5.41, 5.74) is 1.61. The zero-order chi connectivity index (χ0) is 30.2. The average Bonchev–Trinajstić information content (AvgIpc) is 2.97. The molecule has 41 heavy (non-hydrogen) atoms. The molecular weight excluding hydrogens is 566 g/mol. The van der Waals surface area contributed by atoms with Crippen LogP contribution in [0.25, 0.3) is 0 Å². The molecule has 0 fully saturated rings. The van der Waals surface area contributed by atoms with Gasteiger partial charge < -0.3 is 19.7 Å². The number of amides is 2. The summed E-state index contributed by atoms with van der Waals surface area (Å²) >= 11 is 6.41. The molecule has 0 aliphatic heterocycles. The van der Waals surface area contributed by atoms with E-state index < -0.39 is 28.5 Å². The van der Waals surface area contributed by atoms with Gasteiger partial charge in [0, 0.05) is 24.2 Å². The van der Waals surface area contributed by atoms with Gasteiger partial charge in [0.05, 0.1) is 24.8 Å². The number of rotatable bonds is 13. The highest BCUT2D eigenvalue weighted by molar-refractivity contribution is 7.92. The fraction of sp³-hybridized carbons (Fsp3) is 0.333. The molecule has 3 aromatic carbocycles. The maximum Gasteiger partial charge on any atom is 0.264 e. The highest BCUT2D eigenvalue weighted by Crippen LogP contribution is 2.36. The Kier molecular flexibility index (Phi) is 11.0. The Morgan fingerprint density at radius 1 is 1.00 bits per heavy atom. The summed E-state index contributed by atoms with van der Waals surface area (Å²) in [6, 6.07) is 17.1. The number of carbonyl (C=O) groups is 2. The number of sulfonamides is 1. The second-order valence-electron chi connectivity index (χ2n) is 9.44. The molecule has 0 saturated heterocycles. The molecule has 0 aliphatic carbocycles. The van der Waals surface area contributed by atoms with E-state index in [2.05, 4.69) is 5.32 Å². The predicted octanol–water partition coefficient (Wildman–Crippen LogP) is 4.80. The van der Waals surface area contributed by atoms with Gasteiger partial charge in [-0.1, -0.05) is 54.4 Å². The van der Waals surface area contributed by atoms with Crippen LogP contribution in [-0.4, -0.2) is 58.5 Å². The lowest BCUT2D eigenvalue weighted by Crippen LogP contribution is -2.51. The number of methoxy groups -OCH3 is 2. The summed E-state index contributed by atoms with van der Waals surface area (Å²) in [6.07, 6.45) is 0.717. The van der Waals surface area contributed by atoms with Crippen LogP contribution in [0, 0.1) is 6.92 Å². The van der Waals surface area contributed by atoms with E-state index in [1.54, 1.807) is 55.5 Å². The molecule has 0 radical (unpaired) electrons. The second kappa shape index (κ2) is 14.2. The summed E-state index contributed by atoms with van der Waals surface area (Å²) in [4.78, 5) is 28.4. The zero-order valence-electron chi connectivity index (χ0n) is 23.9. The molecule has 0 aromatic heterocycles. The number of benzene rings is 3. The van der Waals surface area contributed by atoms with Crippen LogP contribution in [0.2, 0.25) is 5.02 Å². The van der Waals surface area contributed by atoms with Gasteiger partial charge in [-0.2, -0.15) is 0 Å². The minimum absolute atomic E-state index is 0.00706. The predicted molar refractivity (Wildman–Crippen MR) is 160 cm³/mol. The Balaban J connectivity index is 2.12. The first-order valence-corrected chi connectivity index (χ1v) is 15.0. The fourth-order valence-electron chi connectivity index (χ4n) is 4.13. The third-order valence-corrected chi connectivity index (χ3v) is 8.70. The summed E-state index contributed by atoms with van der Waals surface area (Å²) < 4.78 is 40.0. The first-order chi connectivity index (χ1) is 19.5. The van der Waals surface area contributed by atoms with Gasteiger partial charge in [-0.3, -0.25) is 13.9 Å². The van der Waals surface area contributed by atoms with Gasteiger partial charge in [0.2, 0.25) is 11.8 Å². The van der Waals surface area contributed by atoms with Crippen LogP contribution in [0.1, 0.15) is 31.4 Å². The molecule has 0 spiro atoms. The highest BCUT2D eigenvalue weighted by Gasteiger charge is 2.34. The number of anilines is 1. The van der Waals surface area contributed by atoms with E-state index in [0.29, 0.717) is 22.9 Å². The summed E-state index contributed by atoms with van der Waals surface area (Å²) in [7, 11) is -1.41. The van der Waals surface area contributed by atoms with Crippen LogP contribution in [0.15, 0.2) is 71.6 Å². The number of carbonyl (C=O) groups excluding carboxylic acids is 2. The van der Waals surface area contributed by atoms with Crippen molar-refractivity contribution >= 4 is 39.1 Å². The molecule has 0 unspecified atom stereocenters. The highest BCUT2D eigenvalue weighted by atomic mass is 35.5. The maximum atomic E-state index is 14.1. The lowest BCUT2D eigenvalue weighted by atomic mass is 10.1. The van der Waals surface area contributed by atoms with Crippen LogP contribution < -0.4 is 19.1 Å². The molecular formula is C30H36ClN3O6S. The number of nitrogens with one attached hydrogen (secondary N) is 1. The van der Waals surface area contributed by atoms with Crippen molar-refractivity contribution in [3.05, 3.63) is 82.9 Å². The van der Waals surface area contributed by atoms with E-state index in [4.69, 9.17) is 21.1 Å². The van der Waals surface area contributed by atoms with Gasteiger partial charge in [0.15, 0.2) is 0 Å². The molecule has 3 aromatic rings. The van der Waals surface area contributed by atoms with Gasteiger partial charge in [0.25, 0.3) is 10.0 Å². The Bertz CT molecular complexity index is 1460. The number of ether oxygens (including phenoxy) is 2. The van der Waals surface area contributed by atoms with Gasteiger partial charge in [-0.05, 0) is 56.2 Å². The Hall–Kier alpha value is -3.76. The van der Waals surface area contributed by atoms with Crippen molar-refractivity contribution in [2.24, 2.45) is 0 Å². The van der Waals surface area contributed by atoms with Crippen molar-refractivity contribution in [3.63, 3.8) is 0 Å². The molecule has 0 saturated carbocycles. The third-order valence-electron chi connectivity index (χ3n) is 6.56. The van der Waals surface area contributed by atoms with E-state index >= 15 is 0 Å². The van der Waals surface area contributed by atoms with Crippen molar-refractivity contribution in [3.8, 4) is 11.5 Å². The molecule has 3 rings (SSSR count). The third kappa shape index (κ3) is 7.71. The summed E-state index contributed by atoms with van der Waals surface area (Å²) in [6.45, 7) is 5.19. The van der Waals surface area contributed by atoms with E-state index in [1.807, 2.05) is 13.8 Å². The number of nitrogens with zero attached hydrogens (tertiary/aromatic N) is 2. The lowest BCUT2D eigenvalue weighted by molar-refractivity contribution is -0.139. The first-order valence-electron chi connectivity index (χ1n) is 13.2. The molecule has 0 bridgehead atoms. The lowest BCUT2D eigenvalue weighted by Gasteiger charge is -2.32. The smallest absolute Gasteiger partial charge is 0.264 e. The Morgan fingerprint density at radius 3 is 2.29 bits per heavy atom. The summed E-state index contributed by atoms with van der Waals surface area (Å²) in [5.74, 6) is -0.373. The van der Waals surface area contributed by atoms with E-state index in [9.17, 15) is 18.0 Å². The standard InChI is InChI=1S/C30H36ClN3O6S/c1-6-17-32-30(36)22(3)33(19-23-9-7-8-10-26(23)31)29(35)20-34(27-18-24(39-4)13-16-28(27)40-5)41(37,38)25-14-11-21(2)12-15-25/h7-16,18,22H,6,17,19-20H2,1-5H3,(H,32,36)/t22-/m0/s1. The number of halogens is 1. The maximum absolute atomic E-state index is 14.1. The largest absolute Gasteiger partial charge is 0.497 e. The summed E-state index contributed by atoms with van der Waals surface area (Å²) in [5, 5.41) is 3.23. The molecule has 0 heterocycles. The Morgan fingerprint density at radius 2 is 1.68 bits per heavy atom. The number of hydrogen-bond donors (Lipinski definition) is 1. The molecule has 9 nitrogen and oxygen atoms in total. The second-order valence-corrected chi connectivity index (χ2v) is 11.7. The van der Waals surface area contributed by atoms with Crippen LogP contribution >= 0.6 is 11.6 Å². The minimum Gasteiger partial charge on any atom is -0.497 e. The molecule has 0 aliphatic rings. The zero-order valence-corrected chi connectivity index (χ0v) is 25.5. The minimum atomic E-state index is -4.27. The first kappa shape index (κ1) is 31.8. The van der Waals surface area contributed by atoms with Crippen molar-refractivity contribution < 1.29 is 27.5 Å². The Labute approximate surface area is 247 Å². The van der Waals surface area contributed by atoms with Crippen molar-refractivity contribution in [2.45, 2.75) is 44.7 Å². The topological polar surface area (TPSA) is 105 Å². The SMILES string of the molecule is CCCNC(=O)[C@H](C)N(Cc1ccccc1Cl)C(=O)CN(c1cc(OC)ccc1OC)S(=O)(=O)c1ccc(C)cc1. The monoisotopic (exact) mass is 601 g/mol. The van der Waals surface area contributed by atoms with Gasteiger partial charge >= 0.3 is 0 Å². The van der Waals surface area contributed by atoms with Crippen molar-refractivity contribution in [2.75, 3.05) is 31.6 Å². The van der Waals surface area contributed by atoms with E-state index in [0.717, 1.165) is 16.3 Å². The van der Waals surface area contributed by atoms with Crippen LogP contribution in [0.4, 0.5) is 5.69 Å². The van der Waals surface area contributed by atoms with Gasteiger partial charge in [0.1, 0.15) is 24.1 Å². The van der Waals surface area contributed by atoms with Crippen LogP contribution in [0.5, 0.6) is 11.5 Å². The van der Waals surface area contributed by atoms with Crippen molar-refractivity contribution in [1.82, 2.24) is 10.2 Å². The van der Waals surface area contributed by atoms with E-state index in [-0.39, 0.29) is 28.8 Å². The average molecular weight is 602 g/mol. The molecule has 220 valence electrons. The van der Waals surface area contributed by atoms with Gasteiger partial charge in [-0.15, -0.1) is 0 Å².